The van der Waals surface area contributed by atoms with Gasteiger partial charge in [0.25, 0.3) is 5.91 Å². The zero-order valence-corrected chi connectivity index (χ0v) is 9.02. The molecule has 0 saturated carbocycles. The Kier molecular flexibility index (Phi) is 3.59. The lowest BCUT2D eigenvalue weighted by atomic mass is 10.1. The fraction of sp³-hybridized carbons (Fsp3) is 0.200. The molecule has 0 aliphatic heterocycles. The van der Waals surface area contributed by atoms with E-state index in [1.165, 1.54) is 11.5 Å². The van der Waals surface area contributed by atoms with Gasteiger partial charge in [-0.3, -0.25) is 4.79 Å². The number of amides is 1. The molecule has 1 aromatic heterocycles. The van der Waals surface area contributed by atoms with Crippen LogP contribution in [-0.4, -0.2) is 17.3 Å². The molecule has 0 aliphatic rings. The molecular formula is C10H12N2OS. The van der Waals surface area contributed by atoms with Crippen molar-refractivity contribution >= 4 is 29.6 Å². The summed E-state index contributed by atoms with van der Waals surface area (Å²) in [7, 11) is 1.59. The second-order valence-corrected chi connectivity index (χ2v) is 3.40. The summed E-state index contributed by atoms with van der Waals surface area (Å²) in [6.45, 7) is 5.58. The zero-order valence-electron chi connectivity index (χ0n) is 8.20. The van der Waals surface area contributed by atoms with E-state index in [2.05, 4.69) is 16.3 Å². The van der Waals surface area contributed by atoms with Crippen molar-refractivity contribution in [3.63, 3.8) is 0 Å². The highest BCUT2D eigenvalue weighted by Crippen LogP contribution is 2.21. The van der Waals surface area contributed by atoms with Gasteiger partial charge in [0.2, 0.25) is 0 Å². The van der Waals surface area contributed by atoms with E-state index in [0.717, 1.165) is 10.4 Å². The number of nitrogens with zero attached hydrogens (tertiary/aromatic N) is 1. The van der Waals surface area contributed by atoms with E-state index >= 15 is 0 Å². The molecule has 1 aromatic rings. The molecule has 1 rings (SSSR count). The van der Waals surface area contributed by atoms with E-state index in [4.69, 9.17) is 0 Å². The van der Waals surface area contributed by atoms with Gasteiger partial charge in [0.05, 0.1) is 4.88 Å². The van der Waals surface area contributed by atoms with E-state index in [0.29, 0.717) is 5.69 Å². The topological polar surface area (TPSA) is 42.0 Å². The lowest BCUT2D eigenvalue weighted by Gasteiger charge is -1.96. The molecule has 0 unspecified atom stereocenters. The molecule has 0 radical (unpaired) electrons. The fourth-order valence-electron chi connectivity index (χ4n) is 1.07. The molecule has 0 bridgehead atoms. The molecule has 1 N–H and O–H groups in total. The Labute approximate surface area is 87.3 Å². The van der Waals surface area contributed by atoms with Gasteiger partial charge in [0.15, 0.2) is 0 Å². The van der Waals surface area contributed by atoms with Gasteiger partial charge in [-0.15, -0.1) is 0 Å². The third-order valence-electron chi connectivity index (χ3n) is 1.72. The first kappa shape index (κ1) is 10.7. The summed E-state index contributed by atoms with van der Waals surface area (Å²) in [5.41, 5.74) is 1.30. The lowest BCUT2D eigenvalue weighted by molar-refractivity contribution is 0.0959. The molecule has 14 heavy (non-hydrogen) atoms. The molecule has 0 saturated heterocycles. The Morgan fingerprint density at radius 1 is 1.64 bits per heavy atom. The summed E-state index contributed by atoms with van der Waals surface area (Å²) in [6.07, 6.45) is 5.45. The van der Waals surface area contributed by atoms with Gasteiger partial charge in [-0.25, -0.2) is 0 Å². The fourth-order valence-corrected chi connectivity index (χ4v) is 1.78. The maximum absolute atomic E-state index is 11.4. The summed E-state index contributed by atoms with van der Waals surface area (Å²) in [6, 6.07) is 0. The summed E-state index contributed by atoms with van der Waals surface area (Å²) >= 11 is 1.28. The number of hydrogen-bond acceptors (Lipinski definition) is 3. The average Bonchev–Trinajstić information content (AvgIpc) is 2.60. The smallest absolute Gasteiger partial charge is 0.271 e. The molecule has 1 heterocycles. The van der Waals surface area contributed by atoms with Crippen LogP contribution in [0.15, 0.2) is 12.7 Å². The van der Waals surface area contributed by atoms with Crippen LogP contribution in [0, 0.1) is 0 Å². The molecule has 74 valence electrons. The van der Waals surface area contributed by atoms with Crippen molar-refractivity contribution in [2.75, 3.05) is 7.05 Å². The van der Waals surface area contributed by atoms with E-state index in [1.807, 2.05) is 19.1 Å². The van der Waals surface area contributed by atoms with Gasteiger partial charge in [0.1, 0.15) is 5.69 Å². The predicted molar refractivity (Wildman–Crippen MR) is 60.3 cm³/mol. The standard InChI is InChI=1S/C10H12N2OS/c1-4-6-7-8(5-2)14-12-9(7)10(13)11-3/h4-6H,2H2,1,3H3,(H,11,13)/b6-4-. The number of rotatable bonds is 3. The summed E-state index contributed by atoms with van der Waals surface area (Å²) in [4.78, 5) is 12.3. The van der Waals surface area contributed by atoms with Crippen molar-refractivity contribution in [1.29, 1.82) is 0 Å². The van der Waals surface area contributed by atoms with E-state index in [1.54, 1.807) is 13.1 Å². The molecule has 0 spiro atoms. The van der Waals surface area contributed by atoms with Crippen LogP contribution >= 0.6 is 11.5 Å². The maximum Gasteiger partial charge on any atom is 0.271 e. The van der Waals surface area contributed by atoms with Gasteiger partial charge < -0.3 is 5.32 Å². The molecule has 0 fully saturated rings. The van der Waals surface area contributed by atoms with Crippen LogP contribution in [0.25, 0.3) is 12.2 Å². The monoisotopic (exact) mass is 208 g/mol. The lowest BCUT2D eigenvalue weighted by Crippen LogP contribution is -2.19. The molecular weight excluding hydrogens is 196 g/mol. The first-order valence-electron chi connectivity index (χ1n) is 4.21. The normalized spacial score (nSPS) is 10.4. The third-order valence-corrected chi connectivity index (χ3v) is 2.57. The van der Waals surface area contributed by atoms with E-state index in [-0.39, 0.29) is 5.91 Å². The van der Waals surface area contributed by atoms with Crippen molar-refractivity contribution in [2.24, 2.45) is 0 Å². The largest absolute Gasteiger partial charge is 0.354 e. The summed E-state index contributed by atoms with van der Waals surface area (Å²) in [5.74, 6) is -0.164. The zero-order chi connectivity index (χ0) is 10.6. The van der Waals surface area contributed by atoms with Crippen molar-refractivity contribution in [2.45, 2.75) is 6.92 Å². The van der Waals surface area contributed by atoms with Gasteiger partial charge in [-0.05, 0) is 24.5 Å². The third kappa shape index (κ3) is 1.90. The van der Waals surface area contributed by atoms with Crippen LogP contribution in [0.3, 0.4) is 0 Å². The SMILES string of the molecule is C=Cc1snc(C(=O)NC)c1/C=C\C. The second-order valence-electron chi connectivity index (χ2n) is 2.59. The van der Waals surface area contributed by atoms with Crippen LogP contribution in [0.1, 0.15) is 27.9 Å². The van der Waals surface area contributed by atoms with Crippen LogP contribution in [0.2, 0.25) is 0 Å². The van der Waals surface area contributed by atoms with Crippen LogP contribution < -0.4 is 5.32 Å². The second kappa shape index (κ2) is 4.72. The number of nitrogens with one attached hydrogen (secondary N) is 1. The minimum Gasteiger partial charge on any atom is -0.354 e. The van der Waals surface area contributed by atoms with Gasteiger partial charge in [-0.2, -0.15) is 4.37 Å². The summed E-state index contributed by atoms with van der Waals surface area (Å²) < 4.78 is 4.08. The first-order valence-corrected chi connectivity index (χ1v) is 4.98. The van der Waals surface area contributed by atoms with Crippen molar-refractivity contribution in [3.8, 4) is 0 Å². The van der Waals surface area contributed by atoms with E-state index in [9.17, 15) is 4.79 Å². The highest BCUT2D eigenvalue weighted by Gasteiger charge is 2.14. The van der Waals surface area contributed by atoms with Crippen LogP contribution in [0.4, 0.5) is 0 Å². The quantitative estimate of drug-likeness (QED) is 0.827. The number of aromatic nitrogens is 1. The minimum absolute atomic E-state index is 0.164. The Morgan fingerprint density at radius 3 is 2.86 bits per heavy atom. The number of allylic oxidation sites excluding steroid dienone is 1. The van der Waals surface area contributed by atoms with Crippen molar-refractivity contribution in [3.05, 3.63) is 28.8 Å². The molecule has 1 amide bonds. The van der Waals surface area contributed by atoms with Crippen LogP contribution in [0.5, 0.6) is 0 Å². The molecule has 3 nitrogen and oxygen atoms in total. The van der Waals surface area contributed by atoms with Gasteiger partial charge in [-0.1, -0.05) is 18.7 Å². The molecule has 0 aliphatic carbocycles. The maximum atomic E-state index is 11.4. The Morgan fingerprint density at radius 2 is 2.36 bits per heavy atom. The molecule has 0 aromatic carbocycles. The Balaban J connectivity index is 3.23. The Hall–Kier alpha value is -1.42. The van der Waals surface area contributed by atoms with Gasteiger partial charge >= 0.3 is 0 Å². The highest BCUT2D eigenvalue weighted by atomic mass is 32.1. The number of hydrogen-bond donors (Lipinski definition) is 1. The van der Waals surface area contributed by atoms with E-state index < -0.39 is 0 Å². The van der Waals surface area contributed by atoms with Crippen LogP contribution in [-0.2, 0) is 0 Å². The Bertz CT molecular complexity index is 379. The predicted octanol–water partition coefficient (Wildman–Crippen LogP) is 2.18. The minimum atomic E-state index is -0.164. The first-order chi connectivity index (χ1) is 6.74. The van der Waals surface area contributed by atoms with Crippen molar-refractivity contribution in [1.82, 2.24) is 9.69 Å². The van der Waals surface area contributed by atoms with Crippen molar-refractivity contribution < 1.29 is 4.79 Å². The average molecular weight is 208 g/mol. The highest BCUT2D eigenvalue weighted by molar-refractivity contribution is 7.07. The number of carbonyl (C=O) groups excluding carboxylic acids is 1. The summed E-state index contributed by atoms with van der Waals surface area (Å²) in [5, 5.41) is 2.55. The van der Waals surface area contributed by atoms with Gasteiger partial charge in [0, 0.05) is 12.6 Å². The molecule has 0 atom stereocenters. The molecule has 4 heteroatoms. The number of carbonyl (C=O) groups is 1.